The van der Waals surface area contributed by atoms with Crippen LogP contribution in [0.4, 0.5) is 20.2 Å². The van der Waals surface area contributed by atoms with E-state index in [0.717, 1.165) is 0 Å². The molecule has 0 fully saturated rings. The average molecular weight is 311 g/mol. The van der Waals surface area contributed by atoms with Crippen molar-refractivity contribution in [3.63, 3.8) is 0 Å². The van der Waals surface area contributed by atoms with Crippen LogP contribution in [-0.4, -0.2) is 5.76 Å². The maximum atomic E-state index is 12.5. The number of halogens is 3. The average Bonchev–Trinajstić information content (AvgIpc) is 2.42. The Morgan fingerprint density at radius 2 is 1.90 bits per heavy atom. The molecular formula is C14H9ClF2N2S. The molecule has 0 aliphatic rings. The standard InChI is InChI=1S/C14H9ClF2N2S/c15-10-7-9(8-18)5-6-11(10)19-12-3-1-2-4-13(12)20-14(16)17/h1-7,14,19H. The van der Waals surface area contributed by atoms with E-state index in [-0.39, 0.29) is 0 Å². The van der Waals surface area contributed by atoms with Gasteiger partial charge in [0, 0.05) is 4.90 Å². The van der Waals surface area contributed by atoms with E-state index in [1.54, 1.807) is 36.4 Å². The van der Waals surface area contributed by atoms with Crippen molar-refractivity contribution in [1.29, 1.82) is 5.26 Å². The van der Waals surface area contributed by atoms with Gasteiger partial charge in [0.05, 0.1) is 28.0 Å². The molecule has 6 heteroatoms. The molecule has 0 unspecified atom stereocenters. The summed E-state index contributed by atoms with van der Waals surface area (Å²) in [7, 11) is 0. The van der Waals surface area contributed by atoms with Crippen LogP contribution in [0.15, 0.2) is 47.4 Å². The first-order chi connectivity index (χ1) is 9.60. The van der Waals surface area contributed by atoms with Gasteiger partial charge in [-0.3, -0.25) is 0 Å². The van der Waals surface area contributed by atoms with Gasteiger partial charge < -0.3 is 5.32 Å². The zero-order valence-electron chi connectivity index (χ0n) is 10.1. The number of benzene rings is 2. The van der Waals surface area contributed by atoms with Crippen molar-refractivity contribution in [1.82, 2.24) is 0 Å². The number of anilines is 2. The Bertz CT molecular complexity index is 656. The minimum absolute atomic E-state index is 0.362. The number of nitrogens with zero attached hydrogens (tertiary/aromatic N) is 1. The lowest BCUT2D eigenvalue weighted by Gasteiger charge is -2.12. The second-order valence-electron chi connectivity index (χ2n) is 3.81. The van der Waals surface area contributed by atoms with E-state index < -0.39 is 5.76 Å². The van der Waals surface area contributed by atoms with Crippen molar-refractivity contribution in [2.75, 3.05) is 5.32 Å². The highest BCUT2D eigenvalue weighted by molar-refractivity contribution is 7.99. The van der Waals surface area contributed by atoms with Gasteiger partial charge in [-0.1, -0.05) is 35.5 Å². The van der Waals surface area contributed by atoms with Crippen molar-refractivity contribution in [3.8, 4) is 6.07 Å². The van der Waals surface area contributed by atoms with Crippen molar-refractivity contribution in [3.05, 3.63) is 53.1 Å². The third-order valence-corrected chi connectivity index (χ3v) is 3.57. The highest BCUT2D eigenvalue weighted by Crippen LogP contribution is 2.35. The second-order valence-corrected chi connectivity index (χ2v) is 5.25. The topological polar surface area (TPSA) is 35.8 Å². The summed E-state index contributed by atoms with van der Waals surface area (Å²) in [6.45, 7) is 0. The van der Waals surface area contributed by atoms with Crippen LogP contribution in [0.1, 0.15) is 5.56 Å². The fourth-order valence-corrected chi connectivity index (χ4v) is 2.42. The fraction of sp³-hybridized carbons (Fsp3) is 0.0714. The Labute approximate surface area is 124 Å². The molecule has 0 aromatic heterocycles. The van der Waals surface area contributed by atoms with Crippen LogP contribution in [0, 0.1) is 11.3 Å². The summed E-state index contributed by atoms with van der Waals surface area (Å²) < 4.78 is 25.0. The molecule has 0 bridgehead atoms. The molecule has 2 aromatic carbocycles. The van der Waals surface area contributed by atoms with Gasteiger partial charge >= 0.3 is 0 Å². The second kappa shape index (κ2) is 6.60. The largest absolute Gasteiger partial charge is 0.353 e. The number of rotatable bonds is 4. The summed E-state index contributed by atoms with van der Waals surface area (Å²) in [5.74, 6) is -2.49. The van der Waals surface area contributed by atoms with Crippen molar-refractivity contribution < 1.29 is 8.78 Å². The van der Waals surface area contributed by atoms with Gasteiger partial charge in [-0.15, -0.1) is 0 Å². The van der Waals surface area contributed by atoms with Crippen molar-refractivity contribution in [2.24, 2.45) is 0 Å². The van der Waals surface area contributed by atoms with Gasteiger partial charge in [-0.05, 0) is 30.3 Å². The Morgan fingerprint density at radius 3 is 2.55 bits per heavy atom. The van der Waals surface area contributed by atoms with Crippen LogP contribution in [0.25, 0.3) is 0 Å². The van der Waals surface area contributed by atoms with Crippen LogP contribution >= 0.6 is 23.4 Å². The summed E-state index contributed by atoms with van der Waals surface area (Å²) in [5.41, 5.74) is 1.55. The number of hydrogen-bond donors (Lipinski definition) is 1. The van der Waals surface area contributed by atoms with Gasteiger partial charge in [-0.2, -0.15) is 14.0 Å². The molecule has 0 aliphatic heterocycles. The third kappa shape index (κ3) is 3.62. The molecule has 2 rings (SSSR count). The Balaban J connectivity index is 2.28. The maximum absolute atomic E-state index is 12.5. The number of alkyl halides is 2. The van der Waals surface area contributed by atoms with E-state index in [2.05, 4.69) is 5.32 Å². The Morgan fingerprint density at radius 1 is 1.15 bits per heavy atom. The van der Waals surface area contributed by atoms with Gasteiger partial charge in [-0.25, -0.2) is 0 Å². The number of nitriles is 1. The van der Waals surface area contributed by atoms with Crippen LogP contribution in [0.3, 0.4) is 0 Å². The number of thioether (sulfide) groups is 1. The first-order valence-corrected chi connectivity index (χ1v) is 6.86. The molecule has 0 saturated heterocycles. The SMILES string of the molecule is N#Cc1ccc(Nc2ccccc2SC(F)F)c(Cl)c1. The number of para-hydroxylation sites is 1. The first kappa shape index (κ1) is 14.6. The van der Waals surface area contributed by atoms with Crippen molar-refractivity contribution >= 4 is 34.7 Å². The van der Waals surface area contributed by atoms with Gasteiger partial charge in [0.1, 0.15) is 0 Å². The lowest BCUT2D eigenvalue weighted by Crippen LogP contribution is -1.95. The van der Waals surface area contributed by atoms with E-state index in [0.29, 0.717) is 38.6 Å². The van der Waals surface area contributed by atoms with Crippen LogP contribution < -0.4 is 5.32 Å². The Hall–Kier alpha value is -1.77. The fourth-order valence-electron chi connectivity index (χ4n) is 1.60. The lowest BCUT2D eigenvalue weighted by molar-refractivity contribution is 0.252. The molecule has 0 saturated carbocycles. The molecule has 0 aliphatic carbocycles. The van der Waals surface area contributed by atoms with Gasteiger partial charge in [0.15, 0.2) is 0 Å². The lowest BCUT2D eigenvalue weighted by atomic mass is 10.2. The molecule has 0 heterocycles. The van der Waals surface area contributed by atoms with E-state index >= 15 is 0 Å². The Kier molecular flexibility index (Phi) is 4.83. The van der Waals surface area contributed by atoms with Crippen LogP contribution in [-0.2, 0) is 0 Å². The molecule has 2 nitrogen and oxygen atoms in total. The molecule has 1 N–H and O–H groups in total. The zero-order chi connectivity index (χ0) is 14.5. The minimum atomic E-state index is -2.49. The molecule has 0 spiro atoms. The van der Waals surface area contributed by atoms with Crippen molar-refractivity contribution in [2.45, 2.75) is 10.7 Å². The summed E-state index contributed by atoms with van der Waals surface area (Å²) in [5, 5.41) is 12.1. The molecular weight excluding hydrogens is 302 g/mol. The summed E-state index contributed by atoms with van der Waals surface area (Å²) in [4.78, 5) is 0.433. The normalized spacial score (nSPS) is 10.3. The molecule has 0 radical (unpaired) electrons. The van der Waals surface area contributed by atoms with Crippen LogP contribution in [0.5, 0.6) is 0 Å². The molecule has 2 aromatic rings. The zero-order valence-corrected chi connectivity index (χ0v) is 11.7. The monoisotopic (exact) mass is 310 g/mol. The third-order valence-electron chi connectivity index (χ3n) is 2.47. The summed E-state index contributed by atoms with van der Waals surface area (Å²) in [6, 6.07) is 13.5. The first-order valence-electron chi connectivity index (χ1n) is 5.60. The molecule has 102 valence electrons. The van der Waals surface area contributed by atoms with E-state index in [1.165, 1.54) is 6.07 Å². The smallest absolute Gasteiger partial charge is 0.288 e. The highest BCUT2D eigenvalue weighted by Gasteiger charge is 2.10. The summed E-state index contributed by atoms with van der Waals surface area (Å²) in [6.07, 6.45) is 0. The molecule has 0 atom stereocenters. The highest BCUT2D eigenvalue weighted by atomic mass is 35.5. The van der Waals surface area contributed by atoms with Gasteiger partial charge in [0.25, 0.3) is 5.76 Å². The molecule has 20 heavy (non-hydrogen) atoms. The van der Waals surface area contributed by atoms with Crippen LogP contribution in [0.2, 0.25) is 5.02 Å². The van der Waals surface area contributed by atoms with Gasteiger partial charge in [0.2, 0.25) is 0 Å². The van der Waals surface area contributed by atoms with E-state index in [9.17, 15) is 8.78 Å². The number of hydrogen-bond acceptors (Lipinski definition) is 3. The minimum Gasteiger partial charge on any atom is -0.353 e. The summed E-state index contributed by atoms with van der Waals surface area (Å²) >= 11 is 6.51. The number of nitrogens with one attached hydrogen (secondary N) is 1. The quantitative estimate of drug-likeness (QED) is 0.781. The molecule has 0 amide bonds. The predicted octanol–water partition coefficient (Wildman–Crippen LogP) is 5.27. The van der Waals surface area contributed by atoms with E-state index in [4.69, 9.17) is 16.9 Å². The van der Waals surface area contributed by atoms with E-state index in [1.807, 2.05) is 6.07 Å². The predicted molar refractivity (Wildman–Crippen MR) is 77.8 cm³/mol. The maximum Gasteiger partial charge on any atom is 0.288 e.